The summed E-state index contributed by atoms with van der Waals surface area (Å²) < 4.78 is 0. The Morgan fingerprint density at radius 2 is 2.20 bits per heavy atom. The number of pyridine rings is 1. The lowest BCUT2D eigenvalue weighted by Crippen LogP contribution is -2.13. The van der Waals surface area contributed by atoms with Crippen LogP contribution < -0.4 is 5.32 Å². The first-order valence-electron chi connectivity index (χ1n) is 6.09. The molecule has 7 heteroatoms. The Bertz CT molecular complexity index is 679. The Morgan fingerprint density at radius 3 is 2.90 bits per heavy atom. The third-order valence-corrected chi connectivity index (χ3v) is 3.76. The average Bonchev–Trinajstić information content (AvgIpc) is 3.20. The molecule has 102 valence electrons. The van der Waals surface area contributed by atoms with Gasteiger partial charge in [0.05, 0.1) is 5.69 Å². The molecule has 0 atom stereocenters. The number of amides is 1. The van der Waals surface area contributed by atoms with Gasteiger partial charge in [-0.05, 0) is 25.0 Å². The molecule has 1 amide bonds. The smallest absolute Gasteiger partial charge is 0.354 e. The van der Waals surface area contributed by atoms with E-state index >= 15 is 0 Å². The van der Waals surface area contributed by atoms with Gasteiger partial charge in [-0.3, -0.25) is 10.1 Å². The van der Waals surface area contributed by atoms with E-state index in [1.54, 1.807) is 0 Å². The van der Waals surface area contributed by atoms with E-state index in [-0.39, 0.29) is 17.2 Å². The first-order valence-corrected chi connectivity index (χ1v) is 6.97. The molecule has 1 fully saturated rings. The van der Waals surface area contributed by atoms with Crippen LogP contribution in [0.1, 0.15) is 45.3 Å². The number of carboxylic acids is 1. The standard InChI is InChI=1S/C13H11N3O3S/c17-11(8-3-4-14-9(5-8)12(18)19)16-13-15-10(6-20-13)7-1-2-7/h3-7H,1-2H2,(H,18,19)(H,15,16,17). The van der Waals surface area contributed by atoms with Gasteiger partial charge in [0.25, 0.3) is 5.91 Å². The molecule has 3 rings (SSSR count). The van der Waals surface area contributed by atoms with Gasteiger partial charge in [-0.15, -0.1) is 11.3 Å². The van der Waals surface area contributed by atoms with Gasteiger partial charge >= 0.3 is 5.97 Å². The number of thiazole rings is 1. The zero-order valence-corrected chi connectivity index (χ0v) is 11.2. The summed E-state index contributed by atoms with van der Waals surface area (Å²) in [5, 5.41) is 14.0. The highest BCUT2D eigenvalue weighted by molar-refractivity contribution is 7.14. The summed E-state index contributed by atoms with van der Waals surface area (Å²) in [7, 11) is 0. The van der Waals surface area contributed by atoms with Gasteiger partial charge in [0.1, 0.15) is 5.69 Å². The fourth-order valence-electron chi connectivity index (χ4n) is 1.77. The van der Waals surface area contributed by atoms with Gasteiger partial charge in [0.15, 0.2) is 5.13 Å². The number of hydrogen-bond donors (Lipinski definition) is 2. The Kier molecular flexibility index (Phi) is 3.19. The fraction of sp³-hybridized carbons (Fsp3) is 0.231. The van der Waals surface area contributed by atoms with E-state index in [0.29, 0.717) is 11.0 Å². The number of aromatic carboxylic acids is 1. The van der Waals surface area contributed by atoms with E-state index in [2.05, 4.69) is 15.3 Å². The van der Waals surface area contributed by atoms with Crippen molar-refractivity contribution >= 4 is 28.3 Å². The summed E-state index contributed by atoms with van der Waals surface area (Å²) in [5.41, 5.74) is 1.11. The zero-order chi connectivity index (χ0) is 14.1. The molecule has 2 aromatic heterocycles. The SMILES string of the molecule is O=C(Nc1nc(C2CC2)cs1)c1ccnc(C(=O)O)c1. The van der Waals surface area contributed by atoms with Gasteiger partial charge in [-0.1, -0.05) is 0 Å². The first-order chi connectivity index (χ1) is 9.63. The number of carbonyl (C=O) groups excluding carboxylic acids is 1. The third-order valence-electron chi connectivity index (χ3n) is 2.98. The van der Waals surface area contributed by atoms with Crippen LogP contribution in [0.15, 0.2) is 23.7 Å². The molecular weight excluding hydrogens is 278 g/mol. The summed E-state index contributed by atoms with van der Waals surface area (Å²) >= 11 is 1.38. The fourth-order valence-corrected chi connectivity index (χ4v) is 2.56. The molecule has 0 aromatic carbocycles. The summed E-state index contributed by atoms with van der Waals surface area (Å²) in [6.45, 7) is 0. The molecule has 0 unspecified atom stereocenters. The van der Waals surface area contributed by atoms with E-state index in [9.17, 15) is 9.59 Å². The number of rotatable bonds is 4. The minimum Gasteiger partial charge on any atom is -0.477 e. The maximum atomic E-state index is 12.0. The lowest BCUT2D eigenvalue weighted by molar-refractivity contribution is 0.0690. The largest absolute Gasteiger partial charge is 0.477 e. The lowest BCUT2D eigenvalue weighted by atomic mass is 10.2. The highest BCUT2D eigenvalue weighted by Crippen LogP contribution is 2.40. The van der Waals surface area contributed by atoms with Crippen molar-refractivity contribution in [2.45, 2.75) is 18.8 Å². The van der Waals surface area contributed by atoms with E-state index < -0.39 is 5.97 Å². The second-order valence-corrected chi connectivity index (χ2v) is 5.40. The van der Waals surface area contributed by atoms with Crippen LogP contribution >= 0.6 is 11.3 Å². The molecule has 2 N–H and O–H groups in total. The van der Waals surface area contributed by atoms with Gasteiger partial charge in [0, 0.05) is 23.1 Å². The molecule has 1 aliphatic carbocycles. The number of nitrogens with zero attached hydrogens (tertiary/aromatic N) is 2. The van der Waals surface area contributed by atoms with Crippen LogP contribution in [-0.4, -0.2) is 27.0 Å². The summed E-state index contributed by atoms with van der Waals surface area (Å²) in [5.74, 6) is -1.01. The van der Waals surface area contributed by atoms with Crippen LogP contribution in [0.25, 0.3) is 0 Å². The van der Waals surface area contributed by atoms with Crippen molar-refractivity contribution in [2.75, 3.05) is 5.32 Å². The second-order valence-electron chi connectivity index (χ2n) is 4.54. The second kappa shape index (κ2) is 5.01. The van der Waals surface area contributed by atoms with Crippen molar-refractivity contribution < 1.29 is 14.7 Å². The number of aromatic nitrogens is 2. The quantitative estimate of drug-likeness (QED) is 0.901. The summed E-state index contributed by atoms with van der Waals surface area (Å²) in [4.78, 5) is 30.9. The van der Waals surface area contributed by atoms with Crippen LogP contribution in [0, 0.1) is 0 Å². The average molecular weight is 289 g/mol. The minimum atomic E-state index is -1.16. The zero-order valence-electron chi connectivity index (χ0n) is 10.4. The normalized spacial score (nSPS) is 14.0. The summed E-state index contributed by atoms with van der Waals surface area (Å²) in [6, 6.07) is 2.71. The first kappa shape index (κ1) is 12.7. The lowest BCUT2D eigenvalue weighted by Gasteiger charge is -2.02. The van der Waals surface area contributed by atoms with Gasteiger partial charge < -0.3 is 5.11 Å². The van der Waals surface area contributed by atoms with Crippen molar-refractivity contribution in [1.82, 2.24) is 9.97 Å². The molecule has 0 spiro atoms. The van der Waals surface area contributed by atoms with Crippen molar-refractivity contribution in [3.8, 4) is 0 Å². The molecule has 0 bridgehead atoms. The minimum absolute atomic E-state index is 0.157. The number of anilines is 1. The molecule has 2 heterocycles. The highest BCUT2D eigenvalue weighted by atomic mass is 32.1. The van der Waals surface area contributed by atoms with E-state index in [0.717, 1.165) is 18.5 Å². The predicted molar refractivity (Wildman–Crippen MR) is 73.2 cm³/mol. The molecule has 2 aromatic rings. The van der Waals surface area contributed by atoms with Crippen molar-refractivity contribution in [1.29, 1.82) is 0 Å². The topological polar surface area (TPSA) is 92.2 Å². The maximum Gasteiger partial charge on any atom is 0.354 e. The maximum absolute atomic E-state index is 12.0. The van der Waals surface area contributed by atoms with Gasteiger partial charge in [0.2, 0.25) is 0 Å². The van der Waals surface area contributed by atoms with Crippen LogP contribution in [0.2, 0.25) is 0 Å². The molecule has 1 saturated carbocycles. The van der Waals surface area contributed by atoms with Crippen molar-refractivity contribution in [3.63, 3.8) is 0 Å². The molecule has 6 nitrogen and oxygen atoms in total. The molecule has 1 aliphatic rings. The Hall–Kier alpha value is -2.28. The molecule has 0 radical (unpaired) electrons. The van der Waals surface area contributed by atoms with E-state index in [1.165, 1.54) is 29.7 Å². The molecule has 0 aliphatic heterocycles. The number of nitrogens with one attached hydrogen (secondary N) is 1. The molecular formula is C13H11N3O3S. The van der Waals surface area contributed by atoms with Crippen molar-refractivity contribution in [2.24, 2.45) is 0 Å². The van der Waals surface area contributed by atoms with E-state index in [1.807, 2.05) is 5.38 Å². The van der Waals surface area contributed by atoms with Gasteiger partial charge in [-0.2, -0.15) is 0 Å². The number of carboxylic acid groups (broad SMARTS) is 1. The summed E-state index contributed by atoms with van der Waals surface area (Å²) in [6.07, 6.45) is 3.61. The third kappa shape index (κ3) is 2.67. The Labute approximate surface area is 118 Å². The van der Waals surface area contributed by atoms with Crippen LogP contribution in [0.5, 0.6) is 0 Å². The predicted octanol–water partition coefficient (Wildman–Crippen LogP) is 2.37. The number of hydrogen-bond acceptors (Lipinski definition) is 5. The van der Waals surface area contributed by atoms with Crippen molar-refractivity contribution in [3.05, 3.63) is 40.7 Å². The van der Waals surface area contributed by atoms with Crippen LogP contribution in [-0.2, 0) is 0 Å². The molecule has 0 saturated heterocycles. The van der Waals surface area contributed by atoms with E-state index in [4.69, 9.17) is 5.11 Å². The van der Waals surface area contributed by atoms with Crippen LogP contribution in [0.4, 0.5) is 5.13 Å². The Balaban J connectivity index is 1.74. The highest BCUT2D eigenvalue weighted by Gasteiger charge is 2.26. The monoisotopic (exact) mass is 289 g/mol. The van der Waals surface area contributed by atoms with Crippen LogP contribution in [0.3, 0.4) is 0 Å². The Morgan fingerprint density at radius 1 is 1.40 bits per heavy atom. The molecule has 20 heavy (non-hydrogen) atoms. The van der Waals surface area contributed by atoms with Gasteiger partial charge in [-0.25, -0.2) is 14.8 Å². The number of carbonyl (C=O) groups is 2.